The average molecular weight is 228 g/mol. The van der Waals surface area contributed by atoms with Gasteiger partial charge in [-0.15, -0.1) is 0 Å². The molecule has 1 aromatic rings. The number of nitrogen functional groups attached to an aromatic ring is 1. The van der Waals surface area contributed by atoms with Gasteiger partial charge in [0.25, 0.3) is 0 Å². The molecule has 0 saturated carbocycles. The summed E-state index contributed by atoms with van der Waals surface area (Å²) in [5, 5.41) is 0. The van der Waals surface area contributed by atoms with E-state index in [1.165, 1.54) is 0 Å². The molecule has 0 amide bonds. The lowest BCUT2D eigenvalue weighted by atomic mass is 9.76. The number of hydrogen-bond donors (Lipinski definition) is 1. The molecule has 0 aliphatic rings. The molecular weight excluding hydrogens is 223 g/mol. The van der Waals surface area contributed by atoms with Crippen LogP contribution in [0.25, 0.3) is 0 Å². The predicted octanol–water partition coefficient (Wildman–Crippen LogP) is 2.34. The highest BCUT2D eigenvalue weighted by Crippen LogP contribution is 2.30. The third-order valence-corrected chi connectivity index (χ3v) is 1.73. The molecule has 84 valence electrons. The maximum absolute atomic E-state index is 12.3. The van der Waals surface area contributed by atoms with Crippen LogP contribution in [0.3, 0.4) is 0 Å². The van der Waals surface area contributed by atoms with E-state index in [2.05, 4.69) is 0 Å². The van der Waals surface area contributed by atoms with Gasteiger partial charge in [-0.1, -0.05) is 17.6 Å². The Morgan fingerprint density at radius 3 is 2.00 bits per heavy atom. The minimum absolute atomic E-state index is 0.294. The van der Waals surface area contributed by atoms with E-state index in [0.29, 0.717) is 12.1 Å². The van der Waals surface area contributed by atoms with Crippen molar-refractivity contribution in [2.75, 3.05) is 5.73 Å². The molecule has 0 aliphatic heterocycles. The zero-order valence-corrected chi connectivity index (χ0v) is 7.15. The fourth-order valence-corrected chi connectivity index (χ4v) is 1.11. The Morgan fingerprint density at radius 2 is 1.60 bits per heavy atom. The van der Waals surface area contributed by atoms with Crippen molar-refractivity contribution < 1.29 is 26.1 Å². The first kappa shape index (κ1) is 11.7. The monoisotopic (exact) mass is 228 g/mol. The number of nitrogens with two attached hydrogens (primary N) is 1. The highest BCUT2D eigenvalue weighted by molar-refractivity contribution is 6.74. The number of benzene rings is 1. The summed E-state index contributed by atoms with van der Waals surface area (Å²) < 4.78 is 73.3. The molecule has 8 heteroatoms. The lowest BCUT2D eigenvalue weighted by Crippen LogP contribution is -2.39. The highest BCUT2D eigenvalue weighted by atomic mass is 19.4. The molecule has 0 saturated heterocycles. The molecule has 0 aromatic heterocycles. The van der Waals surface area contributed by atoms with Crippen LogP contribution in [0.5, 0.6) is 0 Å². The van der Waals surface area contributed by atoms with E-state index in [-0.39, 0.29) is 5.69 Å². The molecule has 0 bridgehead atoms. The summed E-state index contributed by atoms with van der Waals surface area (Å²) in [6.45, 7) is -5.72. The van der Waals surface area contributed by atoms with Crippen LogP contribution in [-0.2, 0) is 6.18 Å². The van der Waals surface area contributed by atoms with Crippen molar-refractivity contribution in [1.29, 1.82) is 0 Å². The molecule has 1 aromatic carbocycles. The molecule has 0 radical (unpaired) electrons. The molecule has 0 fully saturated rings. The fraction of sp³-hybridized carbons (Fsp3) is 0.143. The van der Waals surface area contributed by atoms with Gasteiger partial charge in [0.1, 0.15) is 0 Å². The summed E-state index contributed by atoms with van der Waals surface area (Å²) in [4.78, 5) is 0. The maximum atomic E-state index is 12.3. The molecule has 0 aliphatic carbocycles. The summed E-state index contributed by atoms with van der Waals surface area (Å²) in [6, 6.07) is 1.41. The molecule has 1 rings (SSSR count). The Bertz CT molecular complexity index is 369. The minimum Gasteiger partial charge on any atom is -0.445 e. The first-order valence-corrected chi connectivity index (χ1v) is 3.79. The molecular formula is C7H5BF6N-. The van der Waals surface area contributed by atoms with Crippen LogP contribution in [0.1, 0.15) is 5.56 Å². The zero-order valence-electron chi connectivity index (χ0n) is 7.15. The van der Waals surface area contributed by atoms with E-state index in [1.54, 1.807) is 0 Å². The van der Waals surface area contributed by atoms with Crippen LogP contribution in [-0.4, -0.2) is 6.98 Å². The van der Waals surface area contributed by atoms with Crippen LogP contribution in [0.15, 0.2) is 18.2 Å². The van der Waals surface area contributed by atoms with Gasteiger partial charge < -0.3 is 18.7 Å². The second-order valence-electron chi connectivity index (χ2n) is 2.92. The summed E-state index contributed by atoms with van der Waals surface area (Å²) in [5.41, 5.74) is 1.25. The van der Waals surface area contributed by atoms with Gasteiger partial charge in [0.05, 0.1) is 0 Å². The van der Waals surface area contributed by atoms with E-state index >= 15 is 0 Å². The Kier molecular flexibility index (Phi) is 2.63. The van der Waals surface area contributed by atoms with E-state index in [9.17, 15) is 26.1 Å². The first-order valence-electron chi connectivity index (χ1n) is 3.79. The van der Waals surface area contributed by atoms with Crippen molar-refractivity contribution in [2.45, 2.75) is 6.18 Å². The van der Waals surface area contributed by atoms with Gasteiger partial charge in [-0.3, -0.25) is 0 Å². The van der Waals surface area contributed by atoms with Gasteiger partial charge in [-0.05, 0) is 6.07 Å². The first-order chi connectivity index (χ1) is 6.62. The van der Waals surface area contributed by atoms with Crippen molar-refractivity contribution in [1.82, 2.24) is 0 Å². The third kappa shape index (κ3) is 2.57. The van der Waals surface area contributed by atoms with Crippen LogP contribution >= 0.6 is 0 Å². The smallest absolute Gasteiger partial charge is 0.445 e. The molecule has 0 atom stereocenters. The summed E-state index contributed by atoms with van der Waals surface area (Å²) in [5.74, 6) is 0. The van der Waals surface area contributed by atoms with Gasteiger partial charge in [0.2, 0.25) is 0 Å². The second-order valence-corrected chi connectivity index (χ2v) is 2.92. The number of hydrogen-bond acceptors (Lipinski definition) is 1. The van der Waals surface area contributed by atoms with Crippen molar-refractivity contribution >= 4 is 18.1 Å². The van der Waals surface area contributed by atoms with Crippen LogP contribution in [0.4, 0.5) is 31.8 Å². The standard InChI is InChI=1S/C7H5BF6N/c9-7(10,11)5-2-1-4(15)3-6(5)8(12,13)14/h1-3H,15H2/q-1. The normalized spacial score (nSPS) is 12.9. The van der Waals surface area contributed by atoms with Gasteiger partial charge >= 0.3 is 13.2 Å². The number of halogens is 6. The Labute approximate surface area is 80.9 Å². The lowest BCUT2D eigenvalue weighted by Gasteiger charge is -2.21. The van der Waals surface area contributed by atoms with Crippen molar-refractivity contribution in [3.63, 3.8) is 0 Å². The topological polar surface area (TPSA) is 26.0 Å². The molecule has 2 N–H and O–H groups in total. The predicted molar refractivity (Wildman–Crippen MR) is 44.6 cm³/mol. The Morgan fingerprint density at radius 1 is 1.07 bits per heavy atom. The zero-order chi connectivity index (χ0) is 11.9. The third-order valence-electron chi connectivity index (χ3n) is 1.73. The van der Waals surface area contributed by atoms with Crippen LogP contribution in [0.2, 0.25) is 0 Å². The van der Waals surface area contributed by atoms with Gasteiger partial charge in [0.15, 0.2) is 0 Å². The van der Waals surface area contributed by atoms with E-state index in [1.807, 2.05) is 0 Å². The molecule has 0 spiro atoms. The van der Waals surface area contributed by atoms with Gasteiger partial charge in [-0.2, -0.15) is 13.2 Å². The number of anilines is 1. The average Bonchev–Trinajstić information content (AvgIpc) is 2.00. The molecule has 0 heterocycles. The molecule has 1 nitrogen and oxygen atoms in total. The number of alkyl halides is 3. The van der Waals surface area contributed by atoms with Crippen molar-refractivity contribution in [3.05, 3.63) is 23.8 Å². The van der Waals surface area contributed by atoms with Gasteiger partial charge in [0, 0.05) is 11.3 Å². The van der Waals surface area contributed by atoms with Crippen LogP contribution in [0, 0.1) is 0 Å². The molecule has 0 unspecified atom stereocenters. The van der Waals surface area contributed by atoms with Crippen molar-refractivity contribution in [3.8, 4) is 0 Å². The number of rotatable bonds is 1. The highest BCUT2D eigenvalue weighted by Gasteiger charge is 2.39. The Hall–Kier alpha value is -1.34. The van der Waals surface area contributed by atoms with E-state index in [0.717, 1.165) is 6.07 Å². The summed E-state index contributed by atoms with van der Waals surface area (Å²) in [6.07, 6.45) is -5.03. The fourth-order valence-electron chi connectivity index (χ4n) is 1.11. The lowest BCUT2D eigenvalue weighted by molar-refractivity contribution is -0.136. The Balaban J connectivity index is 3.41. The maximum Gasteiger partial charge on any atom is 0.510 e. The van der Waals surface area contributed by atoms with Crippen molar-refractivity contribution in [2.24, 2.45) is 0 Å². The van der Waals surface area contributed by atoms with E-state index in [4.69, 9.17) is 5.73 Å². The van der Waals surface area contributed by atoms with E-state index < -0.39 is 24.2 Å². The minimum atomic E-state index is -5.72. The quantitative estimate of drug-likeness (QED) is 0.445. The van der Waals surface area contributed by atoms with Gasteiger partial charge in [-0.25, -0.2) is 0 Å². The summed E-state index contributed by atoms with van der Waals surface area (Å²) in [7, 11) is 0. The SMILES string of the molecule is Nc1ccc(C(F)(F)F)c([B-](F)(F)F)c1. The molecule has 15 heavy (non-hydrogen) atoms. The largest absolute Gasteiger partial charge is 0.510 e. The summed E-state index contributed by atoms with van der Waals surface area (Å²) >= 11 is 0. The second kappa shape index (κ2) is 3.35. The van der Waals surface area contributed by atoms with Crippen LogP contribution < -0.4 is 11.2 Å².